The van der Waals surface area contributed by atoms with Crippen LogP contribution in [-0.2, 0) is 24.2 Å². The van der Waals surface area contributed by atoms with Gasteiger partial charge in [-0.05, 0) is 55.0 Å². The SMILES string of the molecule is Cc1cc(-c2noc(=O)[nH]2)cc(C)c1CC(=O)N(C)CC1CCc2nccn2C1. The summed E-state index contributed by atoms with van der Waals surface area (Å²) in [5, 5.41) is 3.74. The van der Waals surface area contributed by atoms with Crippen molar-refractivity contribution in [3.8, 4) is 11.4 Å². The number of imidazole rings is 1. The van der Waals surface area contributed by atoms with Gasteiger partial charge < -0.3 is 9.47 Å². The number of carbonyl (C=O) groups is 1. The molecule has 0 radical (unpaired) electrons. The molecule has 1 N–H and O–H groups in total. The number of rotatable bonds is 5. The van der Waals surface area contributed by atoms with E-state index in [0.29, 0.717) is 18.2 Å². The predicted molar refractivity (Wildman–Crippen MR) is 107 cm³/mol. The van der Waals surface area contributed by atoms with Crippen LogP contribution < -0.4 is 5.76 Å². The fourth-order valence-electron chi connectivity index (χ4n) is 4.12. The van der Waals surface area contributed by atoms with Gasteiger partial charge in [-0.1, -0.05) is 5.16 Å². The zero-order valence-electron chi connectivity index (χ0n) is 16.9. The number of amides is 1. The van der Waals surface area contributed by atoms with Gasteiger partial charge in [0.05, 0.1) is 6.42 Å². The van der Waals surface area contributed by atoms with Crippen LogP contribution in [0.25, 0.3) is 11.4 Å². The minimum absolute atomic E-state index is 0.107. The molecule has 0 saturated carbocycles. The Labute approximate surface area is 168 Å². The van der Waals surface area contributed by atoms with Crippen LogP contribution in [-0.4, -0.2) is 44.1 Å². The Hall–Kier alpha value is -3.16. The number of carbonyl (C=O) groups excluding carboxylic acids is 1. The molecule has 0 spiro atoms. The lowest BCUT2D eigenvalue weighted by Crippen LogP contribution is -2.36. The first-order valence-corrected chi connectivity index (χ1v) is 9.81. The van der Waals surface area contributed by atoms with Gasteiger partial charge >= 0.3 is 5.76 Å². The number of fused-ring (bicyclic) bond motifs is 1. The molecule has 2 aromatic heterocycles. The average molecular weight is 395 g/mol. The maximum Gasteiger partial charge on any atom is 0.439 e. The number of hydrogen-bond donors (Lipinski definition) is 1. The molecule has 1 unspecified atom stereocenters. The Morgan fingerprint density at radius 2 is 2.10 bits per heavy atom. The van der Waals surface area contributed by atoms with Crippen molar-refractivity contribution in [1.29, 1.82) is 0 Å². The summed E-state index contributed by atoms with van der Waals surface area (Å²) in [4.78, 5) is 32.8. The number of aryl methyl sites for hydroxylation is 3. The monoisotopic (exact) mass is 395 g/mol. The zero-order valence-corrected chi connectivity index (χ0v) is 16.9. The molecule has 0 aliphatic carbocycles. The lowest BCUT2D eigenvalue weighted by Gasteiger charge is -2.28. The van der Waals surface area contributed by atoms with E-state index in [1.807, 2.05) is 50.3 Å². The maximum atomic E-state index is 12.9. The van der Waals surface area contributed by atoms with E-state index in [-0.39, 0.29) is 5.91 Å². The van der Waals surface area contributed by atoms with Crippen molar-refractivity contribution < 1.29 is 9.32 Å². The highest BCUT2D eigenvalue weighted by Crippen LogP contribution is 2.24. The molecule has 1 aromatic carbocycles. The molecule has 152 valence electrons. The molecular formula is C21H25N5O3. The summed E-state index contributed by atoms with van der Waals surface area (Å²) >= 11 is 0. The van der Waals surface area contributed by atoms with E-state index in [0.717, 1.165) is 54.0 Å². The molecule has 29 heavy (non-hydrogen) atoms. The molecule has 4 rings (SSSR count). The Bertz CT molecular complexity index is 1070. The van der Waals surface area contributed by atoms with Gasteiger partial charge in [-0.15, -0.1) is 0 Å². The summed E-state index contributed by atoms with van der Waals surface area (Å²) in [6.07, 6.45) is 6.23. The van der Waals surface area contributed by atoms with E-state index in [1.165, 1.54) is 0 Å². The molecule has 0 bridgehead atoms. The summed E-state index contributed by atoms with van der Waals surface area (Å²) in [5.41, 5.74) is 3.77. The van der Waals surface area contributed by atoms with Crippen LogP contribution in [0.1, 0.15) is 28.9 Å². The topological polar surface area (TPSA) is 97.0 Å². The van der Waals surface area contributed by atoms with E-state index in [4.69, 9.17) is 0 Å². The predicted octanol–water partition coefficient (Wildman–Crippen LogP) is 2.11. The fraction of sp³-hybridized carbons (Fsp3) is 0.429. The third kappa shape index (κ3) is 4.01. The number of benzene rings is 1. The number of nitrogens with one attached hydrogen (secondary N) is 1. The van der Waals surface area contributed by atoms with E-state index < -0.39 is 5.76 Å². The second kappa shape index (κ2) is 7.69. The van der Waals surface area contributed by atoms with Gasteiger partial charge in [-0.3, -0.25) is 14.3 Å². The van der Waals surface area contributed by atoms with Gasteiger partial charge in [0.2, 0.25) is 5.91 Å². The van der Waals surface area contributed by atoms with Gasteiger partial charge in [0.15, 0.2) is 5.82 Å². The smallest absolute Gasteiger partial charge is 0.345 e. The normalized spacial score (nSPS) is 15.9. The molecule has 0 fully saturated rings. The van der Waals surface area contributed by atoms with Gasteiger partial charge in [0.25, 0.3) is 0 Å². The molecule has 1 aliphatic rings. The summed E-state index contributed by atoms with van der Waals surface area (Å²) in [5.74, 6) is 1.50. The van der Waals surface area contributed by atoms with Crippen LogP contribution >= 0.6 is 0 Å². The van der Waals surface area contributed by atoms with Crippen molar-refractivity contribution in [3.63, 3.8) is 0 Å². The third-order valence-electron chi connectivity index (χ3n) is 5.73. The summed E-state index contributed by atoms with van der Waals surface area (Å²) in [7, 11) is 1.88. The molecular weight excluding hydrogens is 370 g/mol. The van der Waals surface area contributed by atoms with E-state index in [9.17, 15) is 9.59 Å². The highest BCUT2D eigenvalue weighted by Gasteiger charge is 2.22. The van der Waals surface area contributed by atoms with Crippen molar-refractivity contribution in [3.05, 3.63) is 57.6 Å². The molecule has 1 amide bonds. The highest BCUT2D eigenvalue weighted by atomic mass is 16.5. The van der Waals surface area contributed by atoms with Gasteiger partial charge in [-0.2, -0.15) is 0 Å². The Morgan fingerprint density at radius 1 is 1.34 bits per heavy atom. The first kappa shape index (κ1) is 19.2. The lowest BCUT2D eigenvalue weighted by molar-refractivity contribution is -0.129. The number of likely N-dealkylation sites (N-methyl/N-ethyl adjacent to an activating group) is 1. The summed E-state index contributed by atoms with van der Waals surface area (Å²) in [6, 6.07) is 3.84. The van der Waals surface area contributed by atoms with Crippen molar-refractivity contribution in [2.75, 3.05) is 13.6 Å². The molecule has 8 heteroatoms. The standard InChI is InChI=1S/C21H25N5O3/c1-13-8-16(20-23-21(28)29-24-20)9-14(2)17(13)10-19(27)25(3)11-15-4-5-18-22-6-7-26(18)12-15/h6-9,15H,4-5,10-12H2,1-3H3,(H,23,24,28). The average Bonchev–Trinajstić information content (AvgIpc) is 3.32. The van der Waals surface area contributed by atoms with Crippen LogP contribution in [0, 0.1) is 19.8 Å². The number of H-pyrrole nitrogens is 1. The van der Waals surface area contributed by atoms with E-state index >= 15 is 0 Å². The third-order valence-corrected chi connectivity index (χ3v) is 5.73. The molecule has 0 saturated heterocycles. The minimum Gasteiger partial charge on any atom is -0.345 e. The Morgan fingerprint density at radius 3 is 2.79 bits per heavy atom. The van der Waals surface area contributed by atoms with Crippen molar-refractivity contribution in [2.45, 2.75) is 39.7 Å². The largest absolute Gasteiger partial charge is 0.439 e. The van der Waals surface area contributed by atoms with Crippen molar-refractivity contribution in [2.24, 2.45) is 5.92 Å². The lowest BCUT2D eigenvalue weighted by atomic mass is 9.95. The van der Waals surface area contributed by atoms with Crippen molar-refractivity contribution in [1.82, 2.24) is 24.6 Å². The highest BCUT2D eigenvalue weighted by molar-refractivity contribution is 5.79. The van der Waals surface area contributed by atoms with Crippen LogP contribution in [0.15, 0.2) is 33.8 Å². The first-order valence-electron chi connectivity index (χ1n) is 9.81. The fourth-order valence-corrected chi connectivity index (χ4v) is 4.12. The first-order chi connectivity index (χ1) is 13.9. The molecule has 3 aromatic rings. The van der Waals surface area contributed by atoms with Crippen LogP contribution in [0.5, 0.6) is 0 Å². The maximum absolute atomic E-state index is 12.9. The molecule has 1 atom stereocenters. The Kier molecular flexibility index (Phi) is 5.08. The number of aromatic amines is 1. The van der Waals surface area contributed by atoms with E-state index in [1.54, 1.807) is 0 Å². The molecule has 3 heterocycles. The summed E-state index contributed by atoms with van der Waals surface area (Å²) in [6.45, 7) is 5.60. The second-order valence-electron chi connectivity index (χ2n) is 7.88. The quantitative estimate of drug-likeness (QED) is 0.714. The second-order valence-corrected chi connectivity index (χ2v) is 7.88. The van der Waals surface area contributed by atoms with Crippen molar-refractivity contribution >= 4 is 5.91 Å². The van der Waals surface area contributed by atoms with Gasteiger partial charge in [0.1, 0.15) is 5.82 Å². The minimum atomic E-state index is -0.582. The van der Waals surface area contributed by atoms with Gasteiger partial charge in [0, 0.05) is 44.5 Å². The number of hydrogen-bond acceptors (Lipinski definition) is 5. The van der Waals surface area contributed by atoms with Crippen LogP contribution in [0.3, 0.4) is 0 Å². The zero-order chi connectivity index (χ0) is 20.5. The molecule has 1 aliphatic heterocycles. The van der Waals surface area contributed by atoms with E-state index in [2.05, 4.69) is 24.2 Å². The number of nitrogens with zero attached hydrogens (tertiary/aromatic N) is 4. The molecule has 8 nitrogen and oxygen atoms in total. The summed E-state index contributed by atoms with van der Waals surface area (Å²) < 4.78 is 6.77. The van der Waals surface area contributed by atoms with Gasteiger partial charge in [-0.25, -0.2) is 9.78 Å². The Balaban J connectivity index is 1.43. The van der Waals surface area contributed by atoms with Crippen LogP contribution in [0.2, 0.25) is 0 Å². The van der Waals surface area contributed by atoms with Crippen LogP contribution in [0.4, 0.5) is 0 Å². The number of aromatic nitrogens is 4.